The maximum atomic E-state index is 12.6. The molecule has 1 atom stereocenters. The van der Waals surface area contributed by atoms with Gasteiger partial charge in [0.15, 0.2) is 5.82 Å². The van der Waals surface area contributed by atoms with E-state index < -0.39 is 0 Å². The minimum absolute atomic E-state index is 0.0458. The summed E-state index contributed by atoms with van der Waals surface area (Å²) in [5.74, 6) is 1.25. The molecule has 1 spiro atoms. The van der Waals surface area contributed by atoms with E-state index in [1.807, 2.05) is 30.9 Å². The lowest BCUT2D eigenvalue weighted by Gasteiger charge is -2.39. The Morgan fingerprint density at radius 1 is 1.24 bits per heavy atom. The first-order valence-corrected chi connectivity index (χ1v) is 8.75. The molecule has 0 radical (unpaired) electrons. The van der Waals surface area contributed by atoms with E-state index in [2.05, 4.69) is 15.1 Å². The smallest absolute Gasteiger partial charge is 0.255 e. The van der Waals surface area contributed by atoms with Crippen molar-refractivity contribution in [2.75, 3.05) is 13.1 Å². The van der Waals surface area contributed by atoms with Gasteiger partial charge in [0.05, 0.1) is 11.2 Å². The maximum absolute atomic E-state index is 12.6. The van der Waals surface area contributed by atoms with Crippen molar-refractivity contribution in [1.29, 1.82) is 0 Å². The second kappa shape index (κ2) is 6.22. The van der Waals surface area contributed by atoms with Gasteiger partial charge in [-0.15, -0.1) is 0 Å². The summed E-state index contributed by atoms with van der Waals surface area (Å²) in [4.78, 5) is 23.0. The summed E-state index contributed by atoms with van der Waals surface area (Å²) in [5.41, 5.74) is 1.39. The van der Waals surface area contributed by atoms with Crippen molar-refractivity contribution >= 4 is 5.91 Å². The fraction of sp³-hybridized carbons (Fsp3) is 0.556. The van der Waals surface area contributed by atoms with Crippen LogP contribution in [0.15, 0.2) is 22.9 Å². The van der Waals surface area contributed by atoms with E-state index in [4.69, 9.17) is 9.26 Å². The van der Waals surface area contributed by atoms with Gasteiger partial charge in [-0.1, -0.05) is 5.16 Å². The van der Waals surface area contributed by atoms with Crippen molar-refractivity contribution in [3.05, 3.63) is 41.3 Å². The van der Waals surface area contributed by atoms with Gasteiger partial charge in [-0.2, -0.15) is 4.98 Å². The molecule has 132 valence electrons. The molecule has 0 aromatic carbocycles. The van der Waals surface area contributed by atoms with Crippen LogP contribution in [0.3, 0.4) is 0 Å². The van der Waals surface area contributed by atoms with Gasteiger partial charge in [0.1, 0.15) is 6.10 Å². The van der Waals surface area contributed by atoms with Gasteiger partial charge in [0.25, 0.3) is 11.8 Å². The Kier molecular flexibility index (Phi) is 4.03. The Balaban J connectivity index is 1.38. The molecule has 0 saturated carbocycles. The van der Waals surface area contributed by atoms with Crippen LogP contribution in [0.4, 0.5) is 0 Å². The Morgan fingerprint density at radius 2 is 2.04 bits per heavy atom. The van der Waals surface area contributed by atoms with Gasteiger partial charge in [-0.25, -0.2) is 0 Å². The number of hydrogen-bond acceptors (Lipinski definition) is 6. The van der Waals surface area contributed by atoms with E-state index in [0.717, 1.165) is 31.4 Å². The van der Waals surface area contributed by atoms with Crippen molar-refractivity contribution in [3.63, 3.8) is 0 Å². The van der Waals surface area contributed by atoms with E-state index in [1.165, 1.54) is 0 Å². The molecule has 2 saturated heterocycles. The SMILES string of the molecule is Cc1ccc(C(=O)N2CCC3(CCC(c4nc(C)no4)O3)CC2)cn1. The number of hydrogen-bond donors (Lipinski definition) is 0. The lowest BCUT2D eigenvalue weighted by molar-refractivity contribution is -0.0820. The van der Waals surface area contributed by atoms with E-state index in [9.17, 15) is 4.79 Å². The number of rotatable bonds is 2. The highest BCUT2D eigenvalue weighted by atomic mass is 16.5. The van der Waals surface area contributed by atoms with Crippen LogP contribution in [0.1, 0.15) is 59.6 Å². The summed E-state index contributed by atoms with van der Waals surface area (Å²) in [7, 11) is 0. The molecule has 2 aliphatic rings. The first-order valence-electron chi connectivity index (χ1n) is 8.75. The van der Waals surface area contributed by atoms with Gasteiger partial charge in [-0.3, -0.25) is 9.78 Å². The molecule has 2 aliphatic heterocycles. The van der Waals surface area contributed by atoms with Crippen molar-refractivity contribution in [1.82, 2.24) is 20.0 Å². The topological polar surface area (TPSA) is 81.4 Å². The Hall–Kier alpha value is -2.28. The zero-order valence-electron chi connectivity index (χ0n) is 14.6. The normalized spacial score (nSPS) is 22.5. The summed E-state index contributed by atoms with van der Waals surface area (Å²) in [6.45, 7) is 5.12. The molecule has 1 unspecified atom stereocenters. The number of amides is 1. The van der Waals surface area contributed by atoms with E-state index in [1.54, 1.807) is 6.20 Å². The Morgan fingerprint density at radius 3 is 2.68 bits per heavy atom. The maximum Gasteiger partial charge on any atom is 0.255 e. The van der Waals surface area contributed by atoms with Crippen LogP contribution in [0.5, 0.6) is 0 Å². The number of carbonyl (C=O) groups excluding carboxylic acids is 1. The standard InChI is InChI=1S/C18H22N4O3/c1-12-3-4-14(11-19-12)17(23)22-9-7-18(8-10-22)6-5-15(24-18)16-20-13(2)21-25-16/h3-4,11,15H,5-10H2,1-2H3. The van der Waals surface area contributed by atoms with E-state index >= 15 is 0 Å². The molecule has 0 aliphatic carbocycles. The van der Waals surface area contributed by atoms with Crippen LogP contribution in [-0.2, 0) is 4.74 Å². The number of likely N-dealkylation sites (tertiary alicyclic amines) is 1. The molecule has 7 nitrogen and oxygen atoms in total. The highest BCUT2D eigenvalue weighted by Crippen LogP contribution is 2.44. The number of ether oxygens (including phenoxy) is 1. The van der Waals surface area contributed by atoms with Crippen LogP contribution >= 0.6 is 0 Å². The van der Waals surface area contributed by atoms with Crippen molar-refractivity contribution in [2.24, 2.45) is 0 Å². The van der Waals surface area contributed by atoms with Crippen molar-refractivity contribution in [3.8, 4) is 0 Å². The van der Waals surface area contributed by atoms with Gasteiger partial charge < -0.3 is 14.2 Å². The molecule has 0 N–H and O–H groups in total. The zero-order valence-corrected chi connectivity index (χ0v) is 14.6. The van der Waals surface area contributed by atoms with E-state index in [0.29, 0.717) is 30.4 Å². The molecular formula is C18H22N4O3. The molecule has 2 fully saturated rings. The minimum Gasteiger partial charge on any atom is -0.362 e. The fourth-order valence-electron chi connectivity index (χ4n) is 3.69. The Bertz CT molecular complexity index is 763. The predicted octanol–water partition coefficient (Wildman–Crippen LogP) is 2.61. The lowest BCUT2D eigenvalue weighted by atomic mass is 9.88. The first-order chi connectivity index (χ1) is 12.0. The van der Waals surface area contributed by atoms with Crippen molar-refractivity contribution in [2.45, 2.75) is 51.2 Å². The second-order valence-electron chi connectivity index (χ2n) is 6.99. The zero-order chi connectivity index (χ0) is 17.4. The highest BCUT2D eigenvalue weighted by Gasteiger charge is 2.45. The third-order valence-electron chi connectivity index (χ3n) is 5.19. The minimum atomic E-state index is -0.171. The number of piperidine rings is 1. The number of nitrogens with zero attached hydrogens (tertiary/aromatic N) is 4. The molecule has 0 bridgehead atoms. The van der Waals surface area contributed by atoms with Gasteiger partial charge >= 0.3 is 0 Å². The van der Waals surface area contributed by atoms with Crippen molar-refractivity contribution < 1.29 is 14.1 Å². The van der Waals surface area contributed by atoms with E-state index in [-0.39, 0.29) is 17.6 Å². The summed E-state index contributed by atoms with van der Waals surface area (Å²) in [6, 6.07) is 3.71. The quantitative estimate of drug-likeness (QED) is 0.834. The lowest BCUT2D eigenvalue weighted by Crippen LogP contribution is -2.46. The summed E-state index contributed by atoms with van der Waals surface area (Å²) in [6.07, 6.45) is 5.06. The molecule has 4 rings (SSSR count). The number of carbonyl (C=O) groups is 1. The van der Waals surface area contributed by atoms with Crippen LogP contribution in [0.25, 0.3) is 0 Å². The number of aromatic nitrogens is 3. The monoisotopic (exact) mass is 342 g/mol. The van der Waals surface area contributed by atoms with Crippen LogP contribution in [0.2, 0.25) is 0 Å². The molecular weight excluding hydrogens is 320 g/mol. The number of pyridine rings is 1. The molecule has 7 heteroatoms. The largest absolute Gasteiger partial charge is 0.362 e. The molecule has 25 heavy (non-hydrogen) atoms. The van der Waals surface area contributed by atoms with Crippen LogP contribution in [0, 0.1) is 13.8 Å². The van der Waals surface area contributed by atoms with Crippen LogP contribution < -0.4 is 0 Å². The molecule has 2 aromatic rings. The predicted molar refractivity (Wildman–Crippen MR) is 88.9 cm³/mol. The highest BCUT2D eigenvalue weighted by molar-refractivity contribution is 5.94. The summed E-state index contributed by atoms with van der Waals surface area (Å²) < 4.78 is 11.5. The van der Waals surface area contributed by atoms with Gasteiger partial charge in [0, 0.05) is 25.0 Å². The second-order valence-corrected chi connectivity index (χ2v) is 6.99. The van der Waals surface area contributed by atoms with Gasteiger partial charge in [0.2, 0.25) is 0 Å². The number of aryl methyl sites for hydroxylation is 2. The summed E-state index contributed by atoms with van der Waals surface area (Å²) in [5, 5.41) is 3.84. The molecule has 4 heterocycles. The fourth-order valence-corrected chi connectivity index (χ4v) is 3.69. The summed E-state index contributed by atoms with van der Waals surface area (Å²) >= 11 is 0. The average Bonchev–Trinajstić information content (AvgIpc) is 3.23. The Labute approximate surface area is 146 Å². The molecule has 2 aromatic heterocycles. The van der Waals surface area contributed by atoms with Gasteiger partial charge in [-0.05, 0) is 51.7 Å². The van der Waals surface area contributed by atoms with Crippen LogP contribution in [-0.4, -0.2) is 44.6 Å². The molecule has 1 amide bonds. The third kappa shape index (κ3) is 3.16. The average molecular weight is 342 g/mol. The first kappa shape index (κ1) is 16.2. The third-order valence-corrected chi connectivity index (χ3v) is 5.19.